The summed E-state index contributed by atoms with van der Waals surface area (Å²) in [5.41, 5.74) is 0.457. The van der Waals surface area contributed by atoms with Crippen LogP contribution in [-0.2, 0) is 4.74 Å². The number of methoxy groups -OCH3 is 1. The predicted molar refractivity (Wildman–Crippen MR) is 112 cm³/mol. The fourth-order valence-corrected chi connectivity index (χ4v) is 3.63. The summed E-state index contributed by atoms with van der Waals surface area (Å²) in [7, 11) is 1.37. The highest BCUT2D eigenvalue weighted by molar-refractivity contribution is 5.88. The van der Waals surface area contributed by atoms with E-state index in [4.69, 9.17) is 18.6 Å². The molecule has 11 nitrogen and oxygen atoms in total. The molecule has 1 aromatic heterocycles. The lowest BCUT2D eigenvalue weighted by Gasteiger charge is -2.39. The van der Waals surface area contributed by atoms with Crippen LogP contribution >= 0.6 is 0 Å². The van der Waals surface area contributed by atoms with Crippen LogP contribution in [0.1, 0.15) is 0 Å². The van der Waals surface area contributed by atoms with E-state index >= 15 is 0 Å². The van der Waals surface area contributed by atoms with Gasteiger partial charge in [0.1, 0.15) is 35.2 Å². The molecule has 0 radical (unpaired) electrons. The highest BCUT2D eigenvalue weighted by Gasteiger charge is 2.45. The first kappa shape index (κ1) is 25.6. The van der Waals surface area contributed by atoms with Crippen molar-refractivity contribution in [1.29, 1.82) is 0 Å². The summed E-state index contributed by atoms with van der Waals surface area (Å²) in [6.45, 7) is -0.619. The molecule has 0 aliphatic carbocycles. The van der Waals surface area contributed by atoms with Gasteiger partial charge in [-0.1, -0.05) is 0 Å². The Morgan fingerprint density at radius 1 is 0.941 bits per heavy atom. The van der Waals surface area contributed by atoms with Gasteiger partial charge >= 0.3 is 11.3 Å². The number of benzene rings is 2. The van der Waals surface area contributed by atoms with Crippen molar-refractivity contribution in [3.8, 4) is 40.1 Å². The minimum Gasteiger partial charge on any atom is -1.00 e. The van der Waals surface area contributed by atoms with Crippen molar-refractivity contribution in [2.24, 2.45) is 0 Å². The van der Waals surface area contributed by atoms with E-state index in [0.717, 1.165) is 0 Å². The Kier molecular flexibility index (Phi) is 7.56. The predicted octanol–water partition coefficient (Wildman–Crippen LogP) is -2.31. The molecule has 0 unspecified atom stereocenters. The maximum absolute atomic E-state index is 10.4. The molecule has 1 saturated heterocycles. The van der Waals surface area contributed by atoms with Gasteiger partial charge in [-0.05, 0) is 12.1 Å². The molecule has 7 N–H and O–H groups in total. The molecule has 1 fully saturated rings. The molecule has 1 aliphatic heterocycles. The van der Waals surface area contributed by atoms with Crippen LogP contribution in [0.25, 0.3) is 22.3 Å². The average Bonchev–Trinajstić information content (AvgIpc) is 2.79. The molecular weight excluding hydrogens is 476 g/mol. The van der Waals surface area contributed by atoms with Gasteiger partial charge in [0.25, 0.3) is 0 Å². The van der Waals surface area contributed by atoms with Crippen LogP contribution in [0.5, 0.6) is 28.7 Å². The van der Waals surface area contributed by atoms with Gasteiger partial charge in [-0.15, -0.1) is 0 Å². The van der Waals surface area contributed by atoms with Crippen molar-refractivity contribution in [2.75, 3.05) is 13.7 Å². The summed E-state index contributed by atoms with van der Waals surface area (Å²) in [5.74, 6) is -0.589. The SMILES string of the molecule is COc1cc(-c2[o+]c3cc(O[C@@H]4[C@@H](O)[C@H](O)[C@@H](CO)O[C@H]4O)cc(O)c3cc2O)ccc1O.[Cl-]. The molecule has 34 heavy (non-hydrogen) atoms. The molecule has 4 rings (SSSR count). The Morgan fingerprint density at radius 2 is 1.68 bits per heavy atom. The zero-order valence-electron chi connectivity index (χ0n) is 17.7. The maximum Gasteiger partial charge on any atom is 0.402 e. The lowest BCUT2D eigenvalue weighted by atomic mass is 9.99. The molecule has 0 spiro atoms. The Balaban J connectivity index is 0.00000324. The Labute approximate surface area is 199 Å². The quantitative estimate of drug-likeness (QED) is 0.188. The Bertz CT molecular complexity index is 1170. The van der Waals surface area contributed by atoms with E-state index in [0.29, 0.717) is 5.56 Å². The van der Waals surface area contributed by atoms with Crippen molar-refractivity contribution in [3.63, 3.8) is 0 Å². The van der Waals surface area contributed by atoms with Crippen molar-refractivity contribution < 1.29 is 66.8 Å². The van der Waals surface area contributed by atoms with Gasteiger partial charge in [0, 0.05) is 18.2 Å². The topological polar surface area (TPSA) is 181 Å². The summed E-state index contributed by atoms with van der Waals surface area (Å²) in [6.07, 6.45) is -7.41. The van der Waals surface area contributed by atoms with Crippen LogP contribution in [0, 0.1) is 0 Å². The molecule has 12 heteroatoms. The zero-order valence-corrected chi connectivity index (χ0v) is 18.5. The summed E-state index contributed by atoms with van der Waals surface area (Å²) in [4.78, 5) is 0. The van der Waals surface area contributed by atoms with Gasteiger partial charge in [0.2, 0.25) is 5.75 Å². The molecule has 0 amide bonds. The van der Waals surface area contributed by atoms with E-state index in [-0.39, 0.29) is 57.9 Å². The number of rotatable bonds is 5. The molecule has 3 aromatic rings. The number of phenols is 2. The Hall–Kier alpha value is -3.06. The average molecular weight is 499 g/mol. The third-order valence-electron chi connectivity index (χ3n) is 5.38. The largest absolute Gasteiger partial charge is 1.00 e. The highest BCUT2D eigenvalue weighted by atomic mass is 35.5. The second-order valence-electron chi connectivity index (χ2n) is 7.51. The molecular formula is C22H23ClO11. The summed E-state index contributed by atoms with van der Waals surface area (Å²) < 4.78 is 21.5. The second-order valence-corrected chi connectivity index (χ2v) is 7.51. The number of aromatic hydroxyl groups is 3. The molecule has 0 bridgehead atoms. The van der Waals surface area contributed by atoms with Crippen LogP contribution in [0.15, 0.2) is 40.8 Å². The lowest BCUT2D eigenvalue weighted by molar-refractivity contribution is -0.280. The minimum atomic E-state index is -1.67. The van der Waals surface area contributed by atoms with Crippen molar-refractivity contribution in [2.45, 2.75) is 30.7 Å². The van der Waals surface area contributed by atoms with E-state index in [1.165, 1.54) is 43.5 Å². The molecule has 0 saturated carbocycles. The van der Waals surface area contributed by atoms with Crippen LogP contribution in [0.4, 0.5) is 0 Å². The molecule has 184 valence electrons. The molecule has 1 aliphatic rings. The smallest absolute Gasteiger partial charge is 0.402 e. The summed E-state index contributed by atoms with van der Waals surface area (Å²) >= 11 is 0. The lowest BCUT2D eigenvalue weighted by Crippen LogP contribution is -3.00. The van der Waals surface area contributed by atoms with E-state index < -0.39 is 37.3 Å². The van der Waals surface area contributed by atoms with E-state index in [1.807, 2.05) is 0 Å². The molecule has 2 aromatic carbocycles. The van der Waals surface area contributed by atoms with Gasteiger partial charge in [-0.25, -0.2) is 4.42 Å². The monoisotopic (exact) mass is 498 g/mol. The molecule has 2 heterocycles. The summed E-state index contributed by atoms with van der Waals surface area (Å²) in [6, 6.07) is 8.10. The number of ether oxygens (including phenoxy) is 3. The minimum absolute atomic E-state index is 0. The number of fused-ring (bicyclic) bond motifs is 1. The van der Waals surface area contributed by atoms with Crippen LogP contribution in [0.3, 0.4) is 0 Å². The number of aliphatic hydroxyl groups excluding tert-OH is 4. The first-order valence-corrected chi connectivity index (χ1v) is 9.91. The van der Waals surface area contributed by atoms with Gasteiger partial charge < -0.3 is 62.4 Å². The maximum atomic E-state index is 10.4. The molecule has 5 atom stereocenters. The third-order valence-corrected chi connectivity index (χ3v) is 5.38. The zero-order chi connectivity index (χ0) is 23.9. The fourth-order valence-electron chi connectivity index (χ4n) is 3.63. The van der Waals surface area contributed by atoms with Gasteiger partial charge in [-0.3, -0.25) is 0 Å². The van der Waals surface area contributed by atoms with Crippen LogP contribution < -0.4 is 21.9 Å². The number of aliphatic hydroxyl groups is 4. The summed E-state index contributed by atoms with van der Waals surface area (Å²) in [5, 5.41) is 70.4. The third kappa shape index (κ3) is 4.62. The van der Waals surface area contributed by atoms with Crippen LogP contribution in [0.2, 0.25) is 0 Å². The van der Waals surface area contributed by atoms with Gasteiger partial charge in [0.05, 0.1) is 25.3 Å². The van der Waals surface area contributed by atoms with Gasteiger partial charge in [-0.2, -0.15) is 0 Å². The highest BCUT2D eigenvalue weighted by Crippen LogP contribution is 2.41. The number of hydrogen-bond acceptors (Lipinski definition) is 10. The number of phenolic OH excluding ortho intramolecular Hbond substituents is 2. The van der Waals surface area contributed by atoms with Crippen molar-refractivity contribution >= 4 is 11.0 Å². The first-order chi connectivity index (χ1) is 15.7. The second kappa shape index (κ2) is 10.1. The normalized spacial score (nSPS) is 24.4. The number of hydrogen-bond donors (Lipinski definition) is 7. The van der Waals surface area contributed by atoms with Crippen molar-refractivity contribution in [3.05, 3.63) is 36.4 Å². The number of halogens is 1. The first-order valence-electron chi connectivity index (χ1n) is 9.91. The van der Waals surface area contributed by atoms with Gasteiger partial charge in [0.15, 0.2) is 23.9 Å². The van der Waals surface area contributed by atoms with E-state index in [9.17, 15) is 35.7 Å². The standard InChI is InChI=1S/C22H22O11.ClH/c1-30-16-4-9(2-3-12(16)24)20-14(26)7-11-13(25)5-10(6-15(11)32-20)31-21-19(28)18(27)17(8-23)33-22(21)29;/h2-7,17-19,21-23,27-29H,8H2,1H3,(H2-,24,25,26);1H/t17-,18-,19+,21-,22-;/m1./s1. The van der Waals surface area contributed by atoms with Crippen LogP contribution in [-0.4, -0.2) is 80.2 Å². The van der Waals surface area contributed by atoms with E-state index in [1.54, 1.807) is 0 Å². The fraction of sp³-hybridized carbons (Fsp3) is 0.318. The van der Waals surface area contributed by atoms with E-state index in [2.05, 4.69) is 0 Å². The Morgan fingerprint density at radius 3 is 2.35 bits per heavy atom. The van der Waals surface area contributed by atoms with Crippen molar-refractivity contribution in [1.82, 2.24) is 0 Å².